The van der Waals surface area contributed by atoms with Gasteiger partial charge in [-0.25, -0.2) is 13.8 Å². The number of aryl methyl sites for hydroxylation is 1. The normalized spacial score (nSPS) is 10.4. The van der Waals surface area contributed by atoms with E-state index in [2.05, 4.69) is 4.98 Å². The lowest BCUT2D eigenvalue weighted by Crippen LogP contribution is -1.93. The first-order valence-electron chi connectivity index (χ1n) is 4.75. The minimum atomic E-state index is -0.468. The molecule has 82 valence electrons. The summed E-state index contributed by atoms with van der Waals surface area (Å²) in [7, 11) is 0. The molecule has 0 aliphatic rings. The van der Waals surface area contributed by atoms with E-state index in [0.29, 0.717) is 5.56 Å². The molecule has 0 aliphatic heterocycles. The van der Waals surface area contributed by atoms with E-state index in [9.17, 15) is 8.78 Å². The summed E-state index contributed by atoms with van der Waals surface area (Å²) in [6, 6.07) is 5.43. The van der Waals surface area contributed by atoms with Crippen molar-refractivity contribution in [3.63, 3.8) is 0 Å². The number of rotatable bonds is 1. The number of aromatic nitrogens is 1. The van der Waals surface area contributed by atoms with Crippen LogP contribution in [0.2, 0.25) is 0 Å². The van der Waals surface area contributed by atoms with Crippen molar-refractivity contribution in [3.8, 4) is 11.1 Å². The third-order valence-electron chi connectivity index (χ3n) is 2.34. The highest BCUT2D eigenvalue weighted by Crippen LogP contribution is 2.25. The predicted molar refractivity (Wildman–Crippen MR) is 58.7 cm³/mol. The Hall–Kier alpha value is -1.97. The molecule has 0 atom stereocenters. The number of nitrogens with two attached hydrogens (primary N) is 1. The van der Waals surface area contributed by atoms with Gasteiger partial charge in [-0.15, -0.1) is 0 Å². The highest BCUT2D eigenvalue weighted by atomic mass is 19.1. The minimum absolute atomic E-state index is 0.192. The molecule has 0 aliphatic carbocycles. The van der Waals surface area contributed by atoms with E-state index in [0.717, 1.165) is 0 Å². The number of halogens is 2. The number of nitrogens with zero attached hydrogens (tertiary/aromatic N) is 1. The van der Waals surface area contributed by atoms with Gasteiger partial charge in [0.05, 0.1) is 0 Å². The maximum absolute atomic E-state index is 13.6. The van der Waals surface area contributed by atoms with Crippen molar-refractivity contribution in [1.29, 1.82) is 0 Å². The fourth-order valence-corrected chi connectivity index (χ4v) is 1.48. The van der Waals surface area contributed by atoms with Crippen LogP contribution in [0.25, 0.3) is 11.1 Å². The van der Waals surface area contributed by atoms with E-state index >= 15 is 0 Å². The molecule has 1 aromatic carbocycles. The summed E-state index contributed by atoms with van der Waals surface area (Å²) in [5.74, 6) is -0.630. The van der Waals surface area contributed by atoms with Crippen molar-refractivity contribution in [2.24, 2.45) is 0 Å². The van der Waals surface area contributed by atoms with Crippen LogP contribution in [0.1, 0.15) is 5.56 Å². The van der Waals surface area contributed by atoms with E-state index in [-0.39, 0.29) is 16.9 Å². The number of nitrogen functional groups attached to an aromatic ring is 1. The van der Waals surface area contributed by atoms with Crippen LogP contribution < -0.4 is 5.73 Å². The van der Waals surface area contributed by atoms with Crippen LogP contribution in [0.15, 0.2) is 30.5 Å². The zero-order valence-electron chi connectivity index (χ0n) is 8.67. The van der Waals surface area contributed by atoms with Gasteiger partial charge in [-0.3, -0.25) is 0 Å². The van der Waals surface area contributed by atoms with Crippen molar-refractivity contribution in [2.75, 3.05) is 5.73 Å². The van der Waals surface area contributed by atoms with Crippen LogP contribution in [-0.4, -0.2) is 4.98 Å². The Morgan fingerprint density at radius 3 is 2.56 bits per heavy atom. The van der Waals surface area contributed by atoms with Gasteiger partial charge < -0.3 is 5.73 Å². The standard InChI is InChI=1S/C12H10F2N2/c1-7-4-11(14)9(6-10(7)13)8-2-3-16-12(15)5-8/h2-6H,1H3,(H2,15,16). The predicted octanol–water partition coefficient (Wildman–Crippen LogP) is 2.92. The Balaban J connectivity index is 2.60. The van der Waals surface area contributed by atoms with Crippen molar-refractivity contribution < 1.29 is 8.78 Å². The highest BCUT2D eigenvalue weighted by molar-refractivity contribution is 5.66. The maximum Gasteiger partial charge on any atom is 0.131 e. The van der Waals surface area contributed by atoms with E-state index in [1.54, 1.807) is 6.07 Å². The van der Waals surface area contributed by atoms with Gasteiger partial charge >= 0.3 is 0 Å². The fraction of sp³-hybridized carbons (Fsp3) is 0.0833. The second-order valence-electron chi connectivity index (χ2n) is 3.55. The van der Waals surface area contributed by atoms with Crippen molar-refractivity contribution in [3.05, 3.63) is 47.7 Å². The molecule has 0 radical (unpaired) electrons. The number of hydrogen-bond donors (Lipinski definition) is 1. The Kier molecular flexibility index (Phi) is 2.56. The number of benzene rings is 1. The second-order valence-corrected chi connectivity index (χ2v) is 3.55. The molecule has 0 amide bonds. The molecule has 1 aromatic heterocycles. The van der Waals surface area contributed by atoms with Crippen LogP contribution in [0.5, 0.6) is 0 Å². The largest absolute Gasteiger partial charge is 0.384 e. The summed E-state index contributed by atoms with van der Waals surface area (Å²) >= 11 is 0. The van der Waals surface area contributed by atoms with Gasteiger partial charge in [0.1, 0.15) is 17.5 Å². The molecular formula is C12H10F2N2. The Bertz CT molecular complexity index is 539. The highest BCUT2D eigenvalue weighted by Gasteiger charge is 2.09. The molecule has 16 heavy (non-hydrogen) atoms. The Labute approximate surface area is 91.7 Å². The first-order chi connectivity index (χ1) is 7.58. The van der Waals surface area contributed by atoms with Crippen molar-refractivity contribution >= 4 is 5.82 Å². The summed E-state index contributed by atoms with van der Waals surface area (Å²) in [5, 5.41) is 0. The quantitative estimate of drug-likeness (QED) is 0.802. The molecule has 0 saturated heterocycles. The lowest BCUT2D eigenvalue weighted by atomic mass is 10.0. The third kappa shape index (κ3) is 1.86. The van der Waals surface area contributed by atoms with Crippen molar-refractivity contribution in [1.82, 2.24) is 4.98 Å². The first kappa shape index (κ1) is 10.5. The average molecular weight is 220 g/mol. The summed E-state index contributed by atoms with van der Waals surface area (Å²) in [6.07, 6.45) is 1.46. The summed E-state index contributed by atoms with van der Waals surface area (Å²) < 4.78 is 27.0. The smallest absolute Gasteiger partial charge is 0.131 e. The SMILES string of the molecule is Cc1cc(F)c(-c2ccnc(N)c2)cc1F. The molecule has 0 bridgehead atoms. The maximum atomic E-state index is 13.6. The number of anilines is 1. The third-order valence-corrected chi connectivity index (χ3v) is 2.34. The molecule has 1 heterocycles. The molecule has 0 spiro atoms. The van der Waals surface area contributed by atoms with E-state index in [4.69, 9.17) is 5.73 Å². The van der Waals surface area contributed by atoms with Crippen LogP contribution >= 0.6 is 0 Å². The molecule has 4 heteroatoms. The van der Waals surface area contributed by atoms with Crippen LogP contribution in [0.4, 0.5) is 14.6 Å². The Morgan fingerprint density at radius 1 is 1.12 bits per heavy atom. The lowest BCUT2D eigenvalue weighted by molar-refractivity contribution is 0.595. The first-order valence-corrected chi connectivity index (χ1v) is 4.75. The molecule has 2 nitrogen and oxygen atoms in total. The molecule has 2 rings (SSSR count). The number of hydrogen-bond acceptors (Lipinski definition) is 2. The molecule has 2 N–H and O–H groups in total. The molecule has 2 aromatic rings. The summed E-state index contributed by atoms with van der Waals surface area (Å²) in [5.41, 5.74) is 6.48. The fourth-order valence-electron chi connectivity index (χ4n) is 1.48. The van der Waals surface area contributed by atoms with Gasteiger partial charge in [-0.05, 0) is 42.3 Å². The monoisotopic (exact) mass is 220 g/mol. The van der Waals surface area contributed by atoms with Gasteiger partial charge in [0.25, 0.3) is 0 Å². The van der Waals surface area contributed by atoms with Gasteiger partial charge in [0, 0.05) is 11.8 Å². The zero-order valence-corrected chi connectivity index (χ0v) is 8.67. The topological polar surface area (TPSA) is 38.9 Å². The summed E-state index contributed by atoms with van der Waals surface area (Å²) in [4.78, 5) is 3.80. The molecule has 0 saturated carbocycles. The van der Waals surface area contributed by atoms with Crippen LogP contribution in [-0.2, 0) is 0 Å². The lowest BCUT2D eigenvalue weighted by Gasteiger charge is -2.06. The van der Waals surface area contributed by atoms with Crippen LogP contribution in [0.3, 0.4) is 0 Å². The molecule has 0 fully saturated rings. The molecule has 0 unspecified atom stereocenters. The Morgan fingerprint density at radius 2 is 1.88 bits per heavy atom. The zero-order chi connectivity index (χ0) is 11.7. The van der Waals surface area contributed by atoms with Crippen LogP contribution in [0, 0.1) is 18.6 Å². The van der Waals surface area contributed by atoms with E-state index < -0.39 is 11.6 Å². The minimum Gasteiger partial charge on any atom is -0.384 e. The average Bonchev–Trinajstić information content (AvgIpc) is 2.23. The van der Waals surface area contributed by atoms with Gasteiger partial charge in [0.2, 0.25) is 0 Å². The van der Waals surface area contributed by atoms with Gasteiger partial charge in [-0.1, -0.05) is 0 Å². The number of pyridine rings is 1. The molecular weight excluding hydrogens is 210 g/mol. The van der Waals surface area contributed by atoms with E-state index in [1.807, 2.05) is 0 Å². The van der Waals surface area contributed by atoms with Gasteiger partial charge in [-0.2, -0.15) is 0 Å². The van der Waals surface area contributed by atoms with E-state index in [1.165, 1.54) is 31.3 Å². The summed E-state index contributed by atoms with van der Waals surface area (Å²) in [6.45, 7) is 1.52. The van der Waals surface area contributed by atoms with Crippen molar-refractivity contribution in [2.45, 2.75) is 6.92 Å². The van der Waals surface area contributed by atoms with Gasteiger partial charge in [0.15, 0.2) is 0 Å². The second kappa shape index (κ2) is 3.89.